The van der Waals surface area contributed by atoms with Crippen LogP contribution in [0.25, 0.3) is 11.6 Å². The average Bonchev–Trinajstić information content (AvgIpc) is 2.97. The molecule has 0 amide bonds. The van der Waals surface area contributed by atoms with E-state index in [1.807, 2.05) is 5.38 Å². The van der Waals surface area contributed by atoms with E-state index in [-0.39, 0.29) is 0 Å². The van der Waals surface area contributed by atoms with Gasteiger partial charge in [-0.05, 0) is 12.2 Å². The van der Waals surface area contributed by atoms with Gasteiger partial charge in [0.15, 0.2) is 5.82 Å². The Morgan fingerprint density at radius 1 is 1.47 bits per heavy atom. The SMILES string of the molecule is CCCSCc1noc(-c2csc(CN)n2)n1. The predicted octanol–water partition coefficient (Wildman–Crippen LogP) is 2.29. The smallest absolute Gasteiger partial charge is 0.277 e. The summed E-state index contributed by atoms with van der Waals surface area (Å²) in [5.41, 5.74) is 6.22. The summed E-state index contributed by atoms with van der Waals surface area (Å²) >= 11 is 3.31. The monoisotopic (exact) mass is 270 g/mol. The molecule has 0 saturated carbocycles. The summed E-state index contributed by atoms with van der Waals surface area (Å²) in [6.45, 7) is 2.59. The van der Waals surface area contributed by atoms with Gasteiger partial charge in [-0.1, -0.05) is 12.1 Å². The van der Waals surface area contributed by atoms with E-state index in [4.69, 9.17) is 10.3 Å². The van der Waals surface area contributed by atoms with Crippen molar-refractivity contribution in [3.05, 3.63) is 16.2 Å². The van der Waals surface area contributed by atoms with Crippen molar-refractivity contribution in [3.8, 4) is 11.6 Å². The van der Waals surface area contributed by atoms with Crippen LogP contribution in [0, 0.1) is 0 Å². The van der Waals surface area contributed by atoms with Gasteiger partial charge in [-0.3, -0.25) is 0 Å². The van der Waals surface area contributed by atoms with Gasteiger partial charge in [0.1, 0.15) is 10.7 Å². The van der Waals surface area contributed by atoms with Gasteiger partial charge < -0.3 is 10.3 Å². The van der Waals surface area contributed by atoms with Gasteiger partial charge in [0.25, 0.3) is 5.89 Å². The van der Waals surface area contributed by atoms with Gasteiger partial charge in [-0.25, -0.2) is 4.98 Å². The maximum absolute atomic E-state index is 5.51. The van der Waals surface area contributed by atoms with Gasteiger partial charge in [-0.15, -0.1) is 11.3 Å². The summed E-state index contributed by atoms with van der Waals surface area (Å²) < 4.78 is 5.17. The van der Waals surface area contributed by atoms with Crippen molar-refractivity contribution in [3.63, 3.8) is 0 Å². The Labute approximate surface area is 108 Å². The average molecular weight is 270 g/mol. The maximum atomic E-state index is 5.51. The van der Waals surface area contributed by atoms with E-state index in [0.29, 0.717) is 12.4 Å². The highest BCUT2D eigenvalue weighted by molar-refractivity contribution is 7.98. The first kappa shape index (κ1) is 12.5. The fourth-order valence-electron chi connectivity index (χ4n) is 1.23. The Hall–Kier alpha value is -0.920. The van der Waals surface area contributed by atoms with Crippen LogP contribution in [-0.2, 0) is 12.3 Å². The molecule has 0 aliphatic rings. The molecular formula is C10H14N4OS2. The first-order valence-electron chi connectivity index (χ1n) is 5.38. The Bertz CT molecular complexity index is 468. The number of thioether (sulfide) groups is 1. The zero-order chi connectivity index (χ0) is 12.1. The van der Waals surface area contributed by atoms with Gasteiger partial charge >= 0.3 is 0 Å². The highest BCUT2D eigenvalue weighted by atomic mass is 32.2. The standard InChI is InChI=1S/C10H14N4OS2/c1-2-3-16-6-8-13-10(15-14-8)7-5-17-9(4-11)12-7/h5H,2-4,6,11H2,1H3. The molecule has 0 aromatic carbocycles. The Kier molecular flexibility index (Phi) is 4.52. The summed E-state index contributed by atoms with van der Waals surface area (Å²) in [7, 11) is 0. The number of thiazole rings is 1. The Balaban J connectivity index is 2.02. The highest BCUT2D eigenvalue weighted by Gasteiger charge is 2.11. The van der Waals surface area contributed by atoms with Crippen molar-refractivity contribution in [1.29, 1.82) is 0 Å². The lowest BCUT2D eigenvalue weighted by Crippen LogP contribution is -1.94. The first-order valence-corrected chi connectivity index (χ1v) is 7.42. The van der Waals surface area contributed by atoms with Crippen LogP contribution in [0.2, 0.25) is 0 Å². The van der Waals surface area contributed by atoms with E-state index in [2.05, 4.69) is 22.0 Å². The topological polar surface area (TPSA) is 77.8 Å². The number of nitrogens with zero attached hydrogens (tertiary/aromatic N) is 3. The van der Waals surface area contributed by atoms with E-state index in [1.54, 1.807) is 11.8 Å². The Morgan fingerprint density at radius 2 is 2.35 bits per heavy atom. The zero-order valence-corrected chi connectivity index (χ0v) is 11.2. The second kappa shape index (κ2) is 6.13. The minimum absolute atomic E-state index is 0.442. The van der Waals surface area contributed by atoms with Crippen LogP contribution in [-0.4, -0.2) is 20.9 Å². The van der Waals surface area contributed by atoms with E-state index in [1.165, 1.54) is 11.3 Å². The molecule has 0 unspecified atom stereocenters. The molecule has 17 heavy (non-hydrogen) atoms. The number of hydrogen-bond acceptors (Lipinski definition) is 7. The first-order chi connectivity index (χ1) is 8.33. The third-order valence-electron chi connectivity index (χ3n) is 1.99. The largest absolute Gasteiger partial charge is 0.332 e. The maximum Gasteiger partial charge on any atom is 0.277 e. The fourth-order valence-corrected chi connectivity index (χ4v) is 2.61. The third kappa shape index (κ3) is 3.27. The van der Waals surface area contributed by atoms with Gasteiger partial charge in [-0.2, -0.15) is 16.7 Å². The third-order valence-corrected chi connectivity index (χ3v) is 4.02. The van der Waals surface area contributed by atoms with E-state index >= 15 is 0 Å². The molecule has 2 rings (SSSR count). The summed E-state index contributed by atoms with van der Waals surface area (Å²) in [6.07, 6.45) is 1.15. The van der Waals surface area contributed by atoms with Crippen LogP contribution in [0.3, 0.4) is 0 Å². The molecule has 0 atom stereocenters. The quantitative estimate of drug-likeness (QED) is 0.811. The second-order valence-electron chi connectivity index (χ2n) is 3.40. The Morgan fingerprint density at radius 3 is 3.06 bits per heavy atom. The van der Waals surface area contributed by atoms with E-state index in [0.717, 1.165) is 34.5 Å². The predicted molar refractivity (Wildman–Crippen MR) is 69.8 cm³/mol. The minimum atomic E-state index is 0.442. The normalized spacial score (nSPS) is 10.9. The van der Waals surface area contributed by atoms with Crippen LogP contribution in [0.4, 0.5) is 0 Å². The van der Waals surface area contributed by atoms with Crippen LogP contribution in [0.5, 0.6) is 0 Å². The number of aromatic nitrogens is 3. The summed E-state index contributed by atoms with van der Waals surface area (Å²) in [5, 5.41) is 6.69. The molecule has 92 valence electrons. The van der Waals surface area contributed by atoms with Crippen molar-refractivity contribution in [2.24, 2.45) is 5.73 Å². The highest BCUT2D eigenvalue weighted by Crippen LogP contribution is 2.21. The van der Waals surface area contributed by atoms with E-state index in [9.17, 15) is 0 Å². The molecule has 0 spiro atoms. The number of nitrogens with two attached hydrogens (primary N) is 1. The lowest BCUT2D eigenvalue weighted by Gasteiger charge is -1.91. The lowest BCUT2D eigenvalue weighted by atomic mass is 10.5. The van der Waals surface area contributed by atoms with Crippen LogP contribution in [0.15, 0.2) is 9.90 Å². The van der Waals surface area contributed by atoms with Crippen LogP contribution >= 0.6 is 23.1 Å². The molecule has 5 nitrogen and oxygen atoms in total. The molecule has 2 aromatic rings. The summed E-state index contributed by atoms with van der Waals surface area (Å²) in [5.74, 6) is 3.09. The molecule has 2 aromatic heterocycles. The molecule has 2 heterocycles. The molecule has 2 N–H and O–H groups in total. The van der Waals surface area contributed by atoms with Crippen molar-refractivity contribution < 1.29 is 4.52 Å². The van der Waals surface area contributed by atoms with Crippen LogP contribution in [0.1, 0.15) is 24.2 Å². The summed E-state index contributed by atoms with van der Waals surface area (Å²) in [4.78, 5) is 8.60. The van der Waals surface area contributed by atoms with E-state index < -0.39 is 0 Å². The van der Waals surface area contributed by atoms with Crippen molar-refractivity contribution in [2.45, 2.75) is 25.6 Å². The van der Waals surface area contributed by atoms with Crippen molar-refractivity contribution >= 4 is 23.1 Å². The van der Waals surface area contributed by atoms with Crippen LogP contribution < -0.4 is 5.73 Å². The number of hydrogen-bond donors (Lipinski definition) is 1. The molecule has 0 saturated heterocycles. The van der Waals surface area contributed by atoms with Gasteiger partial charge in [0.05, 0.1) is 5.75 Å². The molecular weight excluding hydrogens is 256 g/mol. The molecule has 0 fully saturated rings. The summed E-state index contributed by atoms with van der Waals surface area (Å²) in [6, 6.07) is 0. The zero-order valence-electron chi connectivity index (χ0n) is 9.55. The minimum Gasteiger partial charge on any atom is -0.332 e. The number of rotatable bonds is 6. The molecule has 0 aliphatic carbocycles. The van der Waals surface area contributed by atoms with Gasteiger partial charge in [0, 0.05) is 11.9 Å². The second-order valence-corrected chi connectivity index (χ2v) is 5.45. The van der Waals surface area contributed by atoms with Crippen molar-refractivity contribution in [2.75, 3.05) is 5.75 Å². The van der Waals surface area contributed by atoms with Crippen molar-refractivity contribution in [1.82, 2.24) is 15.1 Å². The lowest BCUT2D eigenvalue weighted by molar-refractivity contribution is 0.424. The van der Waals surface area contributed by atoms with Gasteiger partial charge in [0.2, 0.25) is 0 Å². The molecule has 0 bridgehead atoms. The molecule has 0 aliphatic heterocycles. The fraction of sp³-hybridized carbons (Fsp3) is 0.500. The molecule has 0 radical (unpaired) electrons. The molecule has 7 heteroatoms.